The summed E-state index contributed by atoms with van der Waals surface area (Å²) in [4.78, 5) is 2.65. The highest BCUT2D eigenvalue weighted by Gasteiger charge is 2.13. The Bertz CT molecular complexity index is 142. The van der Waals surface area contributed by atoms with Crippen LogP contribution in [0.3, 0.4) is 0 Å². The van der Waals surface area contributed by atoms with E-state index >= 15 is 0 Å². The first-order valence-corrected chi connectivity index (χ1v) is 6.76. The summed E-state index contributed by atoms with van der Waals surface area (Å²) in [6.07, 6.45) is 3.90. The summed E-state index contributed by atoms with van der Waals surface area (Å²) in [7, 11) is 0. The first-order valence-electron chi connectivity index (χ1n) is 6.76. The Hall–Kier alpha value is -0.0400. The monoisotopic (exact) mass is 213 g/mol. The second-order valence-electron chi connectivity index (χ2n) is 5.30. The lowest BCUT2D eigenvalue weighted by molar-refractivity contribution is 0.184. The van der Waals surface area contributed by atoms with Gasteiger partial charge in [0.1, 0.15) is 0 Å². The van der Waals surface area contributed by atoms with Gasteiger partial charge in [-0.2, -0.15) is 0 Å². The van der Waals surface area contributed by atoms with E-state index in [2.05, 4.69) is 46.4 Å². The minimum absolute atomic E-state index is 0.754. The minimum Gasteiger partial charge on any atom is -0.301 e. The smallest absolute Gasteiger partial charge is 0.00643 e. The zero-order valence-electron chi connectivity index (χ0n) is 11.7. The molecular weight excluding hydrogens is 182 g/mol. The van der Waals surface area contributed by atoms with Gasteiger partial charge in [-0.25, -0.2) is 0 Å². The molecule has 0 heterocycles. The van der Waals surface area contributed by atoms with Crippen molar-refractivity contribution in [2.75, 3.05) is 13.1 Å². The average molecular weight is 213 g/mol. The van der Waals surface area contributed by atoms with Gasteiger partial charge in [-0.05, 0) is 51.1 Å². The molecule has 1 nitrogen and oxygen atoms in total. The van der Waals surface area contributed by atoms with E-state index in [0.29, 0.717) is 0 Å². The number of rotatable bonds is 8. The molecule has 0 amide bonds. The quantitative estimate of drug-likeness (QED) is 0.584. The van der Waals surface area contributed by atoms with Gasteiger partial charge in [0.25, 0.3) is 0 Å². The zero-order chi connectivity index (χ0) is 11.8. The summed E-state index contributed by atoms with van der Waals surface area (Å²) >= 11 is 0. The molecule has 0 spiro atoms. The molecule has 0 fully saturated rings. The van der Waals surface area contributed by atoms with Gasteiger partial charge in [0, 0.05) is 6.04 Å². The Morgan fingerprint density at radius 2 is 1.53 bits per heavy atom. The maximum Gasteiger partial charge on any atom is 0.00643 e. The zero-order valence-corrected chi connectivity index (χ0v) is 11.7. The molecule has 2 atom stereocenters. The SMILES string of the molecule is CCCN(CCC(C)C(C)C)C(C)CC. The van der Waals surface area contributed by atoms with Crippen LogP contribution in [-0.2, 0) is 0 Å². The van der Waals surface area contributed by atoms with Gasteiger partial charge in [-0.15, -0.1) is 0 Å². The predicted molar refractivity (Wildman–Crippen MR) is 70.2 cm³/mol. The van der Waals surface area contributed by atoms with Crippen LogP contribution in [-0.4, -0.2) is 24.0 Å². The molecule has 0 rings (SSSR count). The van der Waals surface area contributed by atoms with E-state index in [1.165, 1.54) is 32.4 Å². The molecule has 0 saturated heterocycles. The molecule has 15 heavy (non-hydrogen) atoms. The first-order chi connectivity index (χ1) is 7.02. The molecule has 0 saturated carbocycles. The Morgan fingerprint density at radius 1 is 0.933 bits per heavy atom. The Balaban J connectivity index is 3.95. The van der Waals surface area contributed by atoms with Gasteiger partial charge in [-0.3, -0.25) is 0 Å². The lowest BCUT2D eigenvalue weighted by atomic mass is 9.94. The molecule has 1 heteroatoms. The van der Waals surface area contributed by atoms with Crippen LogP contribution in [0.1, 0.15) is 60.8 Å². The standard InChI is InChI=1S/C14H31N/c1-7-10-15(14(6)8-2)11-9-13(5)12(3)4/h12-14H,7-11H2,1-6H3. The van der Waals surface area contributed by atoms with Crippen molar-refractivity contribution in [3.63, 3.8) is 0 Å². The molecule has 2 unspecified atom stereocenters. The fourth-order valence-electron chi connectivity index (χ4n) is 1.80. The van der Waals surface area contributed by atoms with Crippen LogP contribution in [0.2, 0.25) is 0 Å². The third kappa shape index (κ3) is 6.19. The number of hydrogen-bond acceptors (Lipinski definition) is 1. The second-order valence-corrected chi connectivity index (χ2v) is 5.30. The van der Waals surface area contributed by atoms with Gasteiger partial charge in [0.2, 0.25) is 0 Å². The summed E-state index contributed by atoms with van der Waals surface area (Å²) in [6, 6.07) is 0.754. The molecule has 92 valence electrons. The largest absolute Gasteiger partial charge is 0.301 e. The van der Waals surface area contributed by atoms with Crippen molar-refractivity contribution in [2.24, 2.45) is 11.8 Å². The van der Waals surface area contributed by atoms with Gasteiger partial charge < -0.3 is 4.90 Å². The Labute approximate surface area is 97.2 Å². The highest BCUT2D eigenvalue weighted by molar-refractivity contribution is 4.68. The van der Waals surface area contributed by atoms with E-state index in [1.54, 1.807) is 0 Å². The number of hydrogen-bond donors (Lipinski definition) is 0. The fraction of sp³-hybridized carbons (Fsp3) is 1.00. The second kappa shape index (κ2) is 8.15. The van der Waals surface area contributed by atoms with Crippen molar-refractivity contribution in [1.82, 2.24) is 4.90 Å². The highest BCUT2D eigenvalue weighted by atomic mass is 15.1. The molecule has 0 aromatic rings. The van der Waals surface area contributed by atoms with Crippen molar-refractivity contribution < 1.29 is 0 Å². The van der Waals surface area contributed by atoms with Crippen molar-refractivity contribution in [2.45, 2.75) is 66.8 Å². The molecule has 0 aliphatic heterocycles. The van der Waals surface area contributed by atoms with E-state index in [9.17, 15) is 0 Å². The summed E-state index contributed by atoms with van der Waals surface area (Å²) in [6.45, 7) is 16.5. The van der Waals surface area contributed by atoms with Crippen molar-refractivity contribution in [3.05, 3.63) is 0 Å². The van der Waals surface area contributed by atoms with Gasteiger partial charge in [0.15, 0.2) is 0 Å². The summed E-state index contributed by atoms with van der Waals surface area (Å²) in [5, 5.41) is 0. The van der Waals surface area contributed by atoms with E-state index in [-0.39, 0.29) is 0 Å². The molecular formula is C14H31N. The van der Waals surface area contributed by atoms with Crippen LogP contribution in [0.25, 0.3) is 0 Å². The molecule has 0 aliphatic carbocycles. The normalized spacial score (nSPS) is 16.0. The number of nitrogens with zero attached hydrogens (tertiary/aromatic N) is 1. The third-order valence-electron chi connectivity index (χ3n) is 3.73. The Morgan fingerprint density at radius 3 is 1.93 bits per heavy atom. The molecule has 0 aromatic heterocycles. The van der Waals surface area contributed by atoms with Crippen molar-refractivity contribution in [3.8, 4) is 0 Å². The van der Waals surface area contributed by atoms with E-state index < -0.39 is 0 Å². The van der Waals surface area contributed by atoms with Crippen LogP contribution < -0.4 is 0 Å². The fourth-order valence-corrected chi connectivity index (χ4v) is 1.80. The average Bonchev–Trinajstić information content (AvgIpc) is 2.22. The minimum atomic E-state index is 0.754. The lowest BCUT2D eigenvalue weighted by Crippen LogP contribution is -2.35. The van der Waals surface area contributed by atoms with Gasteiger partial charge in [0.05, 0.1) is 0 Å². The summed E-state index contributed by atoms with van der Waals surface area (Å²) in [5.74, 6) is 1.68. The van der Waals surface area contributed by atoms with Crippen molar-refractivity contribution in [1.29, 1.82) is 0 Å². The summed E-state index contributed by atoms with van der Waals surface area (Å²) < 4.78 is 0. The molecule has 0 radical (unpaired) electrons. The molecule has 0 aliphatic rings. The molecule has 0 bridgehead atoms. The lowest BCUT2D eigenvalue weighted by Gasteiger charge is -2.29. The first kappa shape index (κ1) is 15.0. The van der Waals surface area contributed by atoms with Crippen LogP contribution in [0.4, 0.5) is 0 Å². The Kier molecular flexibility index (Phi) is 8.13. The molecule has 0 aromatic carbocycles. The maximum absolute atomic E-state index is 2.65. The topological polar surface area (TPSA) is 3.24 Å². The van der Waals surface area contributed by atoms with Crippen LogP contribution in [0.15, 0.2) is 0 Å². The third-order valence-corrected chi connectivity index (χ3v) is 3.73. The maximum atomic E-state index is 2.65. The van der Waals surface area contributed by atoms with E-state index in [0.717, 1.165) is 17.9 Å². The molecule has 0 N–H and O–H groups in total. The van der Waals surface area contributed by atoms with Gasteiger partial charge in [-0.1, -0.05) is 34.6 Å². The van der Waals surface area contributed by atoms with Crippen LogP contribution in [0, 0.1) is 11.8 Å². The highest BCUT2D eigenvalue weighted by Crippen LogP contribution is 2.16. The summed E-state index contributed by atoms with van der Waals surface area (Å²) in [5.41, 5.74) is 0. The van der Waals surface area contributed by atoms with E-state index in [4.69, 9.17) is 0 Å². The van der Waals surface area contributed by atoms with E-state index in [1.807, 2.05) is 0 Å². The van der Waals surface area contributed by atoms with Gasteiger partial charge >= 0.3 is 0 Å². The van der Waals surface area contributed by atoms with Crippen LogP contribution in [0.5, 0.6) is 0 Å². The van der Waals surface area contributed by atoms with Crippen LogP contribution >= 0.6 is 0 Å². The predicted octanol–water partition coefficient (Wildman–Crippen LogP) is 4.18. The van der Waals surface area contributed by atoms with Crippen molar-refractivity contribution >= 4 is 0 Å².